The average molecular weight is 291 g/mol. The summed E-state index contributed by atoms with van der Waals surface area (Å²) in [5.41, 5.74) is 0.726. The van der Waals surface area contributed by atoms with E-state index in [1.807, 2.05) is 12.1 Å². The Kier molecular flexibility index (Phi) is 4.76. The number of carbonyl (C=O) groups excluding carboxylic acids is 1. The van der Waals surface area contributed by atoms with Crippen molar-refractivity contribution in [1.82, 2.24) is 10.3 Å². The molecule has 2 N–H and O–H groups in total. The van der Waals surface area contributed by atoms with Crippen LogP contribution in [0, 0.1) is 0 Å². The van der Waals surface area contributed by atoms with Crippen LogP contribution < -0.4 is 10.2 Å². The van der Waals surface area contributed by atoms with E-state index in [0.29, 0.717) is 6.54 Å². The number of anilines is 1. The Morgan fingerprint density at radius 1 is 1.52 bits per heavy atom. The molecule has 1 aromatic heterocycles. The number of amides is 1. The van der Waals surface area contributed by atoms with E-state index >= 15 is 0 Å². The Morgan fingerprint density at radius 3 is 2.95 bits per heavy atom. The first-order chi connectivity index (χ1) is 10.1. The van der Waals surface area contributed by atoms with Gasteiger partial charge in [0, 0.05) is 25.4 Å². The molecule has 1 saturated heterocycles. The number of alkyl carbamates (subject to hydrolysis) is 1. The quantitative estimate of drug-likeness (QED) is 0.808. The highest BCUT2D eigenvalue weighted by molar-refractivity contribution is 5.85. The van der Waals surface area contributed by atoms with Crippen molar-refractivity contribution in [2.75, 3.05) is 25.1 Å². The number of nitrogens with one attached hydrogen (secondary N) is 1. The zero-order valence-corrected chi connectivity index (χ0v) is 11.7. The monoisotopic (exact) mass is 291 g/mol. The van der Waals surface area contributed by atoms with Crippen molar-refractivity contribution in [3.05, 3.63) is 30.0 Å². The van der Waals surface area contributed by atoms with Crippen molar-refractivity contribution in [2.24, 2.45) is 0 Å². The fourth-order valence-corrected chi connectivity index (χ4v) is 2.16. The van der Waals surface area contributed by atoms with Crippen LogP contribution in [-0.4, -0.2) is 48.4 Å². The number of carboxylic acids is 1. The number of methoxy groups -OCH3 is 1. The summed E-state index contributed by atoms with van der Waals surface area (Å²) >= 11 is 0. The van der Waals surface area contributed by atoms with Crippen LogP contribution in [0.15, 0.2) is 24.4 Å². The standard InChI is InChI=1S/C14H17N3O4/c1-21-14(20)16-11-6-7-17(9-11)12-4-2-10(8-15-12)3-5-13(18)19/h2-5,8,11H,6-7,9H2,1H3,(H,16,20)(H,18,19)/b5-3+. The third-order valence-electron chi connectivity index (χ3n) is 3.21. The molecule has 1 atom stereocenters. The van der Waals surface area contributed by atoms with Crippen LogP contribution in [0.5, 0.6) is 0 Å². The molecule has 1 unspecified atom stereocenters. The average Bonchev–Trinajstić information content (AvgIpc) is 2.94. The molecule has 1 fully saturated rings. The Hall–Kier alpha value is -2.57. The van der Waals surface area contributed by atoms with Crippen molar-refractivity contribution in [3.63, 3.8) is 0 Å². The van der Waals surface area contributed by atoms with Crippen LogP contribution in [0.4, 0.5) is 10.6 Å². The molecule has 21 heavy (non-hydrogen) atoms. The van der Waals surface area contributed by atoms with Crippen molar-refractivity contribution in [3.8, 4) is 0 Å². The third kappa shape index (κ3) is 4.20. The van der Waals surface area contributed by atoms with Gasteiger partial charge >= 0.3 is 12.1 Å². The summed E-state index contributed by atoms with van der Waals surface area (Å²) in [7, 11) is 1.34. The highest BCUT2D eigenvalue weighted by Crippen LogP contribution is 2.18. The van der Waals surface area contributed by atoms with E-state index in [1.54, 1.807) is 6.20 Å². The van der Waals surface area contributed by atoms with Crippen molar-refractivity contribution < 1.29 is 19.4 Å². The summed E-state index contributed by atoms with van der Waals surface area (Å²) in [5, 5.41) is 11.3. The van der Waals surface area contributed by atoms with Crippen LogP contribution in [-0.2, 0) is 9.53 Å². The van der Waals surface area contributed by atoms with Gasteiger partial charge in [0.1, 0.15) is 5.82 Å². The number of nitrogens with zero attached hydrogens (tertiary/aromatic N) is 2. The fourth-order valence-electron chi connectivity index (χ4n) is 2.16. The van der Waals surface area contributed by atoms with E-state index in [-0.39, 0.29) is 6.04 Å². The van der Waals surface area contributed by atoms with E-state index in [1.165, 1.54) is 13.2 Å². The molecular weight excluding hydrogens is 274 g/mol. The van der Waals surface area contributed by atoms with Gasteiger partial charge in [-0.2, -0.15) is 0 Å². The molecule has 0 spiro atoms. The van der Waals surface area contributed by atoms with Gasteiger partial charge in [0.05, 0.1) is 13.2 Å². The second-order valence-electron chi connectivity index (χ2n) is 4.69. The summed E-state index contributed by atoms with van der Waals surface area (Å²) < 4.78 is 4.58. The third-order valence-corrected chi connectivity index (χ3v) is 3.21. The van der Waals surface area contributed by atoms with E-state index in [2.05, 4.69) is 19.9 Å². The summed E-state index contributed by atoms with van der Waals surface area (Å²) in [6, 6.07) is 3.69. The zero-order chi connectivity index (χ0) is 15.2. The molecule has 0 aliphatic carbocycles. The minimum atomic E-state index is -0.990. The Balaban J connectivity index is 1.94. The van der Waals surface area contributed by atoms with Gasteiger partial charge < -0.3 is 20.1 Å². The second kappa shape index (κ2) is 6.74. The summed E-state index contributed by atoms with van der Waals surface area (Å²) in [6.07, 6.45) is 4.59. The molecule has 0 radical (unpaired) electrons. The summed E-state index contributed by atoms with van der Waals surface area (Å²) in [5.74, 6) is -0.188. The maximum absolute atomic E-state index is 11.2. The molecule has 2 heterocycles. The number of carbonyl (C=O) groups is 2. The first-order valence-corrected chi connectivity index (χ1v) is 6.55. The largest absolute Gasteiger partial charge is 0.478 e. The van der Waals surface area contributed by atoms with Gasteiger partial charge in [0.2, 0.25) is 0 Å². The Bertz CT molecular complexity index is 542. The molecule has 0 aromatic carbocycles. The number of aliphatic carboxylic acids is 1. The van der Waals surface area contributed by atoms with Gasteiger partial charge in [-0.05, 0) is 30.2 Å². The van der Waals surface area contributed by atoms with Crippen LogP contribution in [0.1, 0.15) is 12.0 Å². The molecule has 7 heteroatoms. The van der Waals surface area contributed by atoms with Gasteiger partial charge in [-0.3, -0.25) is 0 Å². The summed E-state index contributed by atoms with van der Waals surface area (Å²) in [6.45, 7) is 1.47. The lowest BCUT2D eigenvalue weighted by molar-refractivity contribution is -0.131. The van der Waals surface area contributed by atoms with Crippen LogP contribution in [0.2, 0.25) is 0 Å². The lowest BCUT2D eigenvalue weighted by atomic mass is 10.2. The Labute approximate surface area is 122 Å². The topological polar surface area (TPSA) is 91.8 Å². The van der Waals surface area contributed by atoms with Crippen LogP contribution in [0.3, 0.4) is 0 Å². The number of aromatic nitrogens is 1. The second-order valence-corrected chi connectivity index (χ2v) is 4.69. The first-order valence-electron chi connectivity index (χ1n) is 6.55. The number of rotatable bonds is 4. The Morgan fingerprint density at radius 2 is 2.33 bits per heavy atom. The number of hydrogen-bond acceptors (Lipinski definition) is 5. The van der Waals surface area contributed by atoms with Gasteiger partial charge in [-0.1, -0.05) is 0 Å². The molecule has 1 aliphatic rings. The van der Waals surface area contributed by atoms with Gasteiger partial charge in [-0.25, -0.2) is 14.6 Å². The highest BCUT2D eigenvalue weighted by Gasteiger charge is 2.24. The number of ether oxygens (including phenoxy) is 1. The SMILES string of the molecule is COC(=O)NC1CCN(c2ccc(/C=C/C(=O)O)cn2)C1. The zero-order valence-electron chi connectivity index (χ0n) is 11.7. The molecule has 2 rings (SSSR count). The number of hydrogen-bond donors (Lipinski definition) is 2. The van der Waals surface area contributed by atoms with Gasteiger partial charge in [0.25, 0.3) is 0 Å². The van der Waals surface area contributed by atoms with Crippen LogP contribution in [0.25, 0.3) is 6.08 Å². The van der Waals surface area contributed by atoms with Crippen molar-refractivity contribution in [1.29, 1.82) is 0 Å². The normalized spacial score (nSPS) is 18.0. The van der Waals surface area contributed by atoms with Crippen LogP contribution >= 0.6 is 0 Å². The maximum Gasteiger partial charge on any atom is 0.407 e. The van der Waals surface area contributed by atoms with Crippen molar-refractivity contribution in [2.45, 2.75) is 12.5 Å². The molecule has 112 valence electrons. The number of carboxylic acid groups (broad SMARTS) is 1. The minimum absolute atomic E-state index is 0.0471. The van der Waals surface area contributed by atoms with Gasteiger partial charge in [0.15, 0.2) is 0 Å². The lowest BCUT2D eigenvalue weighted by Crippen LogP contribution is -2.37. The molecule has 0 bridgehead atoms. The molecule has 1 amide bonds. The van der Waals surface area contributed by atoms with E-state index in [4.69, 9.17) is 5.11 Å². The molecule has 1 aromatic rings. The van der Waals surface area contributed by atoms with E-state index in [9.17, 15) is 9.59 Å². The smallest absolute Gasteiger partial charge is 0.407 e. The van der Waals surface area contributed by atoms with Gasteiger partial charge in [-0.15, -0.1) is 0 Å². The first kappa shape index (κ1) is 14.8. The molecule has 7 nitrogen and oxygen atoms in total. The highest BCUT2D eigenvalue weighted by atomic mass is 16.5. The summed E-state index contributed by atoms with van der Waals surface area (Å²) in [4.78, 5) is 28.0. The molecule has 0 saturated carbocycles. The molecule has 1 aliphatic heterocycles. The fraction of sp³-hybridized carbons (Fsp3) is 0.357. The van der Waals surface area contributed by atoms with E-state index in [0.717, 1.165) is 30.4 Å². The lowest BCUT2D eigenvalue weighted by Gasteiger charge is -2.17. The van der Waals surface area contributed by atoms with Crippen molar-refractivity contribution >= 4 is 24.0 Å². The predicted octanol–water partition coefficient (Wildman–Crippen LogP) is 1.11. The number of pyridine rings is 1. The molecular formula is C14H17N3O4. The maximum atomic E-state index is 11.2. The minimum Gasteiger partial charge on any atom is -0.478 e. The predicted molar refractivity (Wildman–Crippen MR) is 77.1 cm³/mol. The van der Waals surface area contributed by atoms with E-state index < -0.39 is 12.1 Å².